The summed E-state index contributed by atoms with van der Waals surface area (Å²) in [5.74, 6) is 2.13. The van der Waals surface area contributed by atoms with Crippen LogP contribution in [0.4, 0.5) is 16.0 Å². The molecule has 1 aliphatic heterocycles. The van der Waals surface area contributed by atoms with Gasteiger partial charge in [0, 0.05) is 38.7 Å². The molecular formula is C22H30FN5O. The van der Waals surface area contributed by atoms with E-state index >= 15 is 0 Å². The second kappa shape index (κ2) is 10.7. The number of carbonyl (C=O) groups excluding carboxylic acids is 1. The van der Waals surface area contributed by atoms with Crippen molar-refractivity contribution in [3.63, 3.8) is 0 Å². The van der Waals surface area contributed by atoms with E-state index in [1.54, 1.807) is 12.4 Å². The molecule has 2 heterocycles. The molecule has 0 radical (unpaired) electrons. The molecule has 2 aromatic rings. The SMILES string of the molecule is CCCNc1cc(N2CCC(CCC(=O)NCc3cccc(F)c3)CC2)ncn1. The lowest BCUT2D eigenvalue weighted by molar-refractivity contribution is -0.121. The number of halogens is 1. The fourth-order valence-electron chi connectivity index (χ4n) is 3.59. The Morgan fingerprint density at radius 1 is 1.24 bits per heavy atom. The van der Waals surface area contributed by atoms with Crippen LogP contribution >= 0.6 is 0 Å². The number of carbonyl (C=O) groups is 1. The van der Waals surface area contributed by atoms with Crippen molar-refractivity contribution in [1.29, 1.82) is 0 Å². The maximum Gasteiger partial charge on any atom is 0.220 e. The van der Waals surface area contributed by atoms with E-state index in [1.165, 1.54) is 12.1 Å². The molecule has 1 fully saturated rings. The summed E-state index contributed by atoms with van der Waals surface area (Å²) in [6.07, 6.45) is 6.18. The zero-order chi connectivity index (χ0) is 20.5. The first kappa shape index (κ1) is 21.0. The third-order valence-corrected chi connectivity index (χ3v) is 5.31. The van der Waals surface area contributed by atoms with Crippen molar-refractivity contribution in [2.24, 2.45) is 5.92 Å². The molecule has 1 aromatic carbocycles. The molecule has 1 saturated heterocycles. The van der Waals surface area contributed by atoms with Crippen LogP contribution in [-0.4, -0.2) is 35.5 Å². The zero-order valence-electron chi connectivity index (χ0n) is 17.0. The van der Waals surface area contributed by atoms with Gasteiger partial charge in [-0.15, -0.1) is 0 Å². The Balaban J connectivity index is 1.38. The summed E-state index contributed by atoms with van der Waals surface area (Å²) in [4.78, 5) is 23.1. The number of hydrogen-bond acceptors (Lipinski definition) is 5. The predicted molar refractivity (Wildman–Crippen MR) is 113 cm³/mol. The number of amides is 1. The van der Waals surface area contributed by atoms with Crippen molar-refractivity contribution in [2.45, 2.75) is 45.6 Å². The number of nitrogens with zero attached hydrogens (tertiary/aromatic N) is 3. The van der Waals surface area contributed by atoms with Gasteiger partial charge in [0.1, 0.15) is 23.8 Å². The lowest BCUT2D eigenvalue weighted by Crippen LogP contribution is -2.34. The third-order valence-electron chi connectivity index (χ3n) is 5.31. The molecule has 0 saturated carbocycles. The lowest BCUT2D eigenvalue weighted by Gasteiger charge is -2.32. The number of hydrogen-bond donors (Lipinski definition) is 2. The van der Waals surface area contributed by atoms with E-state index < -0.39 is 0 Å². The van der Waals surface area contributed by atoms with Gasteiger partial charge in [-0.05, 0) is 49.3 Å². The van der Waals surface area contributed by atoms with Crippen LogP contribution in [0, 0.1) is 11.7 Å². The summed E-state index contributed by atoms with van der Waals surface area (Å²) in [5, 5.41) is 6.18. The molecule has 1 aromatic heterocycles. The van der Waals surface area contributed by atoms with Crippen molar-refractivity contribution >= 4 is 17.5 Å². The van der Waals surface area contributed by atoms with Crippen LogP contribution in [-0.2, 0) is 11.3 Å². The summed E-state index contributed by atoms with van der Waals surface area (Å²) in [5.41, 5.74) is 0.782. The van der Waals surface area contributed by atoms with Gasteiger partial charge >= 0.3 is 0 Å². The molecule has 7 heteroatoms. The quantitative estimate of drug-likeness (QED) is 0.672. The summed E-state index contributed by atoms with van der Waals surface area (Å²) in [6.45, 7) is 5.29. The van der Waals surface area contributed by atoms with Crippen LogP contribution in [0.5, 0.6) is 0 Å². The van der Waals surface area contributed by atoms with E-state index in [4.69, 9.17) is 0 Å². The van der Waals surface area contributed by atoms with Gasteiger partial charge in [0.05, 0.1) is 0 Å². The summed E-state index contributed by atoms with van der Waals surface area (Å²) < 4.78 is 13.2. The van der Waals surface area contributed by atoms with E-state index in [0.29, 0.717) is 18.9 Å². The standard InChI is InChI=1S/C22H30FN5O/c1-2-10-24-20-14-21(27-16-26-20)28-11-8-17(9-12-28)6-7-22(29)25-15-18-4-3-5-19(23)13-18/h3-5,13-14,16-17H,2,6-12,15H2,1H3,(H,25,29)(H,24,26,27). The van der Waals surface area contributed by atoms with Crippen LogP contribution in [0.25, 0.3) is 0 Å². The normalized spacial score (nSPS) is 14.6. The van der Waals surface area contributed by atoms with Crippen LogP contribution < -0.4 is 15.5 Å². The highest BCUT2D eigenvalue weighted by atomic mass is 19.1. The van der Waals surface area contributed by atoms with E-state index in [-0.39, 0.29) is 11.7 Å². The van der Waals surface area contributed by atoms with Gasteiger partial charge in [-0.1, -0.05) is 19.1 Å². The lowest BCUT2D eigenvalue weighted by atomic mass is 9.92. The fraction of sp³-hybridized carbons (Fsp3) is 0.500. The van der Waals surface area contributed by atoms with Gasteiger partial charge in [-0.3, -0.25) is 4.79 Å². The number of rotatable bonds is 9. The smallest absolute Gasteiger partial charge is 0.220 e. The monoisotopic (exact) mass is 399 g/mol. The number of anilines is 2. The predicted octanol–water partition coefficient (Wildman–Crippen LogP) is 3.75. The van der Waals surface area contributed by atoms with Crippen molar-refractivity contribution in [3.05, 3.63) is 48.0 Å². The van der Waals surface area contributed by atoms with Crippen LogP contribution in [0.15, 0.2) is 36.7 Å². The highest BCUT2D eigenvalue weighted by Crippen LogP contribution is 2.25. The Morgan fingerprint density at radius 2 is 2.07 bits per heavy atom. The van der Waals surface area contributed by atoms with E-state index in [9.17, 15) is 9.18 Å². The van der Waals surface area contributed by atoms with Gasteiger partial charge in [0.15, 0.2) is 0 Å². The highest BCUT2D eigenvalue weighted by molar-refractivity contribution is 5.75. The Hall–Kier alpha value is -2.70. The number of benzene rings is 1. The average Bonchev–Trinajstić information content (AvgIpc) is 2.75. The summed E-state index contributed by atoms with van der Waals surface area (Å²) in [7, 11) is 0. The van der Waals surface area contributed by atoms with Crippen LogP contribution in [0.3, 0.4) is 0 Å². The number of piperidine rings is 1. The van der Waals surface area contributed by atoms with Crippen LogP contribution in [0.1, 0.15) is 44.6 Å². The summed E-state index contributed by atoms with van der Waals surface area (Å²) in [6, 6.07) is 8.34. The van der Waals surface area contributed by atoms with Gasteiger partial charge in [0.2, 0.25) is 5.91 Å². The number of nitrogens with one attached hydrogen (secondary N) is 2. The molecule has 2 N–H and O–H groups in total. The highest BCUT2D eigenvalue weighted by Gasteiger charge is 2.21. The van der Waals surface area contributed by atoms with Crippen molar-refractivity contribution < 1.29 is 9.18 Å². The Morgan fingerprint density at radius 3 is 2.83 bits per heavy atom. The van der Waals surface area contributed by atoms with Crippen molar-refractivity contribution in [3.8, 4) is 0 Å². The maximum atomic E-state index is 13.2. The zero-order valence-corrected chi connectivity index (χ0v) is 17.0. The molecule has 1 amide bonds. The molecular weight excluding hydrogens is 369 g/mol. The Labute approximate surface area is 171 Å². The first-order valence-corrected chi connectivity index (χ1v) is 10.5. The molecule has 1 aliphatic rings. The fourth-order valence-corrected chi connectivity index (χ4v) is 3.59. The summed E-state index contributed by atoms with van der Waals surface area (Å²) >= 11 is 0. The van der Waals surface area contributed by atoms with Gasteiger partial charge in [-0.2, -0.15) is 0 Å². The molecule has 0 spiro atoms. The molecule has 0 aliphatic carbocycles. The average molecular weight is 400 g/mol. The second-order valence-corrected chi connectivity index (χ2v) is 7.56. The van der Waals surface area contributed by atoms with E-state index in [1.807, 2.05) is 12.1 Å². The molecule has 29 heavy (non-hydrogen) atoms. The van der Waals surface area contributed by atoms with Crippen molar-refractivity contribution in [1.82, 2.24) is 15.3 Å². The van der Waals surface area contributed by atoms with Crippen LogP contribution in [0.2, 0.25) is 0 Å². The first-order chi connectivity index (χ1) is 14.1. The van der Waals surface area contributed by atoms with Crippen molar-refractivity contribution in [2.75, 3.05) is 29.9 Å². The minimum atomic E-state index is -0.277. The van der Waals surface area contributed by atoms with Gasteiger partial charge in [-0.25, -0.2) is 14.4 Å². The molecule has 156 valence electrons. The molecule has 3 rings (SSSR count). The topological polar surface area (TPSA) is 70.2 Å². The largest absolute Gasteiger partial charge is 0.370 e. The minimum Gasteiger partial charge on any atom is -0.370 e. The Bertz CT molecular complexity index is 792. The van der Waals surface area contributed by atoms with Gasteiger partial charge < -0.3 is 15.5 Å². The first-order valence-electron chi connectivity index (χ1n) is 10.5. The molecule has 0 atom stereocenters. The third kappa shape index (κ3) is 6.69. The Kier molecular flexibility index (Phi) is 7.78. The minimum absolute atomic E-state index is 0.0270. The van der Waals surface area contributed by atoms with Gasteiger partial charge in [0.25, 0.3) is 0 Å². The maximum absolute atomic E-state index is 13.2. The molecule has 0 bridgehead atoms. The second-order valence-electron chi connectivity index (χ2n) is 7.56. The number of aromatic nitrogens is 2. The molecule has 6 nitrogen and oxygen atoms in total. The van der Waals surface area contributed by atoms with E-state index in [2.05, 4.69) is 32.4 Å². The molecule has 0 unspecified atom stereocenters. The van der Waals surface area contributed by atoms with E-state index in [0.717, 1.165) is 62.5 Å².